The Morgan fingerprint density at radius 1 is 1.39 bits per heavy atom. The Bertz CT molecular complexity index is 680. The van der Waals surface area contributed by atoms with Crippen LogP contribution in [0.15, 0.2) is 28.3 Å². The maximum absolute atomic E-state index is 11.9. The van der Waals surface area contributed by atoms with Gasteiger partial charge in [0.25, 0.3) is 15.9 Å². The maximum atomic E-state index is 11.9. The molecule has 126 valence electrons. The predicted molar refractivity (Wildman–Crippen MR) is 81.0 cm³/mol. The van der Waals surface area contributed by atoms with Crippen molar-refractivity contribution in [1.82, 2.24) is 10.2 Å². The minimum absolute atomic E-state index is 0.120. The second kappa shape index (κ2) is 7.38. The van der Waals surface area contributed by atoms with E-state index in [4.69, 9.17) is 9.47 Å². The molecule has 10 heteroatoms. The van der Waals surface area contributed by atoms with Gasteiger partial charge in [0.2, 0.25) is 0 Å². The number of sulfonamides is 1. The van der Waals surface area contributed by atoms with Gasteiger partial charge in [0.1, 0.15) is 5.84 Å². The van der Waals surface area contributed by atoms with Crippen molar-refractivity contribution in [3.05, 3.63) is 23.9 Å². The zero-order valence-corrected chi connectivity index (χ0v) is 13.3. The van der Waals surface area contributed by atoms with Gasteiger partial charge in [-0.1, -0.05) is 0 Å². The minimum Gasteiger partial charge on any atom is -0.452 e. The summed E-state index contributed by atoms with van der Waals surface area (Å²) in [6.45, 7) is 0.508. The molecule has 0 aliphatic carbocycles. The Morgan fingerprint density at radius 3 is 2.91 bits per heavy atom. The fourth-order valence-electron chi connectivity index (χ4n) is 1.88. The lowest BCUT2D eigenvalue weighted by Crippen LogP contribution is -2.37. The zero-order chi connectivity index (χ0) is 16.9. The van der Waals surface area contributed by atoms with Gasteiger partial charge in [-0.2, -0.15) is 0 Å². The SMILES string of the molecule is COCCNC(=O)COC(=O)C1=CN2CCS(=O)(=O)N=C2C=C1. The van der Waals surface area contributed by atoms with E-state index < -0.39 is 28.5 Å². The van der Waals surface area contributed by atoms with Crippen LogP contribution in [-0.4, -0.2) is 70.2 Å². The number of hydrogen-bond acceptors (Lipinski definition) is 7. The van der Waals surface area contributed by atoms with Gasteiger partial charge < -0.3 is 19.7 Å². The van der Waals surface area contributed by atoms with Crippen LogP contribution in [0.1, 0.15) is 0 Å². The molecule has 0 aromatic rings. The standard InChI is InChI=1S/C13H17N3O6S/c1-21-6-4-14-12(17)9-22-13(18)10-2-3-11-15-23(19,20)7-5-16(11)8-10/h2-3,8H,4-7,9H2,1H3,(H,14,17). The average molecular weight is 343 g/mol. The summed E-state index contributed by atoms with van der Waals surface area (Å²) in [7, 11) is -1.93. The van der Waals surface area contributed by atoms with Crippen LogP contribution in [0, 0.1) is 0 Å². The summed E-state index contributed by atoms with van der Waals surface area (Å²) in [5.74, 6) is -0.965. The number of ether oxygens (including phenoxy) is 2. The van der Waals surface area contributed by atoms with E-state index in [0.717, 1.165) is 0 Å². The number of fused-ring (bicyclic) bond motifs is 1. The highest BCUT2D eigenvalue weighted by molar-refractivity contribution is 7.90. The van der Waals surface area contributed by atoms with E-state index in [2.05, 4.69) is 9.71 Å². The molecule has 2 heterocycles. The number of nitrogens with zero attached hydrogens (tertiary/aromatic N) is 2. The third kappa shape index (κ3) is 4.89. The van der Waals surface area contributed by atoms with E-state index in [1.165, 1.54) is 25.5 Å². The van der Waals surface area contributed by atoms with Crippen molar-refractivity contribution in [1.29, 1.82) is 0 Å². The van der Waals surface area contributed by atoms with Gasteiger partial charge in [-0.25, -0.2) is 13.2 Å². The molecule has 2 aliphatic heterocycles. The molecule has 0 spiro atoms. The molecule has 1 N–H and O–H groups in total. The number of amidine groups is 1. The lowest BCUT2D eigenvalue weighted by atomic mass is 10.2. The van der Waals surface area contributed by atoms with E-state index in [0.29, 0.717) is 13.2 Å². The first-order chi connectivity index (χ1) is 10.9. The predicted octanol–water partition coefficient (Wildman–Crippen LogP) is -1.21. The molecule has 0 aromatic carbocycles. The molecule has 0 fully saturated rings. The number of methoxy groups -OCH3 is 1. The van der Waals surface area contributed by atoms with Crippen LogP contribution in [0.3, 0.4) is 0 Å². The first-order valence-corrected chi connectivity index (χ1v) is 8.44. The van der Waals surface area contributed by atoms with Crippen LogP contribution >= 0.6 is 0 Å². The Kier molecular flexibility index (Phi) is 5.50. The smallest absolute Gasteiger partial charge is 0.340 e. The molecule has 0 unspecified atom stereocenters. The second-order valence-corrected chi connectivity index (χ2v) is 6.52. The number of esters is 1. The summed E-state index contributed by atoms with van der Waals surface area (Å²) in [4.78, 5) is 24.9. The van der Waals surface area contributed by atoms with Crippen LogP contribution in [0.2, 0.25) is 0 Å². The summed E-state index contributed by atoms with van der Waals surface area (Å²) >= 11 is 0. The average Bonchev–Trinajstić information content (AvgIpc) is 2.51. The quantitative estimate of drug-likeness (QED) is 0.475. The summed E-state index contributed by atoms with van der Waals surface area (Å²) in [6, 6.07) is 0. The Hall–Kier alpha value is -2.20. The van der Waals surface area contributed by atoms with E-state index in [1.54, 1.807) is 4.90 Å². The molecular formula is C13H17N3O6S. The second-order valence-electron chi connectivity index (χ2n) is 4.77. The highest BCUT2D eigenvalue weighted by Gasteiger charge is 2.25. The number of carbonyl (C=O) groups is 2. The van der Waals surface area contributed by atoms with Crippen molar-refractivity contribution < 1.29 is 27.5 Å². The molecule has 0 saturated heterocycles. The monoisotopic (exact) mass is 343 g/mol. The van der Waals surface area contributed by atoms with E-state index in [1.807, 2.05) is 0 Å². The summed E-state index contributed by atoms with van der Waals surface area (Å²) < 4.78 is 36.1. The number of nitrogens with one attached hydrogen (secondary N) is 1. The molecule has 23 heavy (non-hydrogen) atoms. The third-order valence-corrected chi connectivity index (χ3v) is 4.19. The van der Waals surface area contributed by atoms with Gasteiger partial charge in [0.05, 0.1) is 17.9 Å². The lowest BCUT2D eigenvalue weighted by Gasteiger charge is -2.26. The van der Waals surface area contributed by atoms with Crippen molar-refractivity contribution in [2.75, 3.05) is 39.2 Å². The van der Waals surface area contributed by atoms with Gasteiger partial charge >= 0.3 is 5.97 Å². The molecule has 0 radical (unpaired) electrons. The summed E-state index contributed by atoms with van der Waals surface area (Å²) in [5, 5.41) is 2.52. The highest BCUT2D eigenvalue weighted by atomic mass is 32.2. The largest absolute Gasteiger partial charge is 0.452 e. The topological polar surface area (TPSA) is 114 Å². The molecule has 1 amide bonds. The Balaban J connectivity index is 1.89. The zero-order valence-electron chi connectivity index (χ0n) is 12.5. The van der Waals surface area contributed by atoms with Crippen LogP contribution in [0.4, 0.5) is 0 Å². The number of rotatable bonds is 6. The fraction of sp³-hybridized carbons (Fsp3) is 0.462. The summed E-state index contributed by atoms with van der Waals surface area (Å²) in [6.07, 6.45) is 4.28. The molecule has 0 aromatic heterocycles. The summed E-state index contributed by atoms with van der Waals surface area (Å²) in [5.41, 5.74) is 0.216. The Morgan fingerprint density at radius 2 is 2.17 bits per heavy atom. The molecule has 0 atom stereocenters. The molecule has 0 bridgehead atoms. The van der Waals surface area contributed by atoms with E-state index in [-0.39, 0.29) is 23.7 Å². The van der Waals surface area contributed by atoms with Crippen LogP contribution in [0.25, 0.3) is 0 Å². The third-order valence-electron chi connectivity index (χ3n) is 3.02. The van der Waals surface area contributed by atoms with Crippen LogP contribution < -0.4 is 5.32 Å². The molecule has 2 rings (SSSR count). The molecule has 2 aliphatic rings. The number of hydrogen-bond donors (Lipinski definition) is 1. The molecule has 0 saturated carbocycles. The maximum Gasteiger partial charge on any atom is 0.340 e. The fourth-order valence-corrected chi connectivity index (χ4v) is 2.85. The van der Waals surface area contributed by atoms with Gasteiger partial charge in [-0.15, -0.1) is 4.40 Å². The van der Waals surface area contributed by atoms with E-state index >= 15 is 0 Å². The van der Waals surface area contributed by atoms with Gasteiger partial charge in [0, 0.05) is 26.4 Å². The first kappa shape index (κ1) is 17.2. The molecule has 9 nitrogen and oxygen atoms in total. The van der Waals surface area contributed by atoms with Gasteiger partial charge in [0.15, 0.2) is 6.61 Å². The molecular weight excluding hydrogens is 326 g/mol. The van der Waals surface area contributed by atoms with Crippen molar-refractivity contribution in [3.63, 3.8) is 0 Å². The van der Waals surface area contributed by atoms with Crippen LogP contribution in [0.5, 0.6) is 0 Å². The van der Waals surface area contributed by atoms with E-state index in [9.17, 15) is 18.0 Å². The van der Waals surface area contributed by atoms with Crippen molar-refractivity contribution in [2.45, 2.75) is 0 Å². The minimum atomic E-state index is -3.44. The highest BCUT2D eigenvalue weighted by Crippen LogP contribution is 2.16. The number of carbonyl (C=O) groups excluding carboxylic acids is 2. The van der Waals surface area contributed by atoms with Crippen molar-refractivity contribution in [2.24, 2.45) is 4.40 Å². The normalized spacial score (nSPS) is 18.6. The Labute approximate surface area is 133 Å². The van der Waals surface area contributed by atoms with Gasteiger partial charge in [-0.05, 0) is 12.2 Å². The lowest BCUT2D eigenvalue weighted by molar-refractivity contribution is -0.144. The van der Waals surface area contributed by atoms with Crippen molar-refractivity contribution in [3.8, 4) is 0 Å². The van der Waals surface area contributed by atoms with Crippen LogP contribution in [-0.2, 0) is 29.1 Å². The van der Waals surface area contributed by atoms with Crippen molar-refractivity contribution >= 4 is 27.7 Å². The first-order valence-electron chi connectivity index (χ1n) is 6.83. The number of amides is 1. The van der Waals surface area contributed by atoms with Gasteiger partial charge in [-0.3, -0.25) is 4.79 Å².